The average molecular weight is 379 g/mol. The molecule has 1 fully saturated rings. The number of nitrogens with zero attached hydrogens (tertiary/aromatic N) is 3. The molecule has 0 radical (unpaired) electrons. The van der Waals surface area contributed by atoms with Crippen LogP contribution < -0.4 is 15.5 Å². The Bertz CT molecular complexity index is 953. The van der Waals surface area contributed by atoms with Crippen LogP contribution in [0.15, 0.2) is 36.5 Å². The Balaban J connectivity index is 1.37. The van der Waals surface area contributed by atoms with Crippen molar-refractivity contribution < 1.29 is 14.4 Å². The zero-order chi connectivity index (χ0) is 19.7. The number of anilines is 2. The lowest BCUT2D eigenvalue weighted by Gasteiger charge is -2.17. The minimum Gasteiger partial charge on any atom is -0.357 e. The van der Waals surface area contributed by atoms with Crippen molar-refractivity contribution in [1.29, 1.82) is 0 Å². The number of rotatable bonds is 4. The summed E-state index contributed by atoms with van der Waals surface area (Å²) in [5.74, 6) is 0.237. The van der Waals surface area contributed by atoms with Gasteiger partial charge in [-0.15, -0.1) is 0 Å². The Morgan fingerprint density at radius 3 is 2.61 bits per heavy atom. The summed E-state index contributed by atoms with van der Waals surface area (Å²) in [6.07, 6.45) is 4.11. The topological polar surface area (TPSA) is 94.6 Å². The molecule has 4 rings (SSSR count). The second-order valence-electron chi connectivity index (χ2n) is 6.95. The highest BCUT2D eigenvalue weighted by Gasteiger charge is 2.32. The molecular formula is C20H21N5O3. The number of aromatic nitrogens is 1. The highest BCUT2D eigenvalue weighted by Crippen LogP contribution is 2.24. The normalized spacial score (nSPS) is 15.8. The summed E-state index contributed by atoms with van der Waals surface area (Å²) in [6, 6.07) is 8.16. The molecule has 3 heterocycles. The number of hydrogen-bond donors (Lipinski definition) is 2. The lowest BCUT2D eigenvalue weighted by Crippen LogP contribution is -2.28. The lowest BCUT2D eigenvalue weighted by molar-refractivity contribution is 0.0693. The van der Waals surface area contributed by atoms with Crippen LogP contribution in [-0.2, 0) is 6.54 Å². The first-order valence-electron chi connectivity index (χ1n) is 9.24. The number of hydrogen-bond acceptors (Lipinski definition) is 5. The highest BCUT2D eigenvalue weighted by molar-refractivity contribution is 6.21. The van der Waals surface area contributed by atoms with Gasteiger partial charge in [-0.3, -0.25) is 14.5 Å². The fourth-order valence-corrected chi connectivity index (χ4v) is 3.49. The number of nitrogens with one attached hydrogen (secondary N) is 2. The zero-order valence-electron chi connectivity index (χ0n) is 15.6. The number of fused-ring (bicyclic) bond motifs is 1. The van der Waals surface area contributed by atoms with Gasteiger partial charge < -0.3 is 15.5 Å². The van der Waals surface area contributed by atoms with Gasteiger partial charge in [-0.2, -0.15) is 0 Å². The van der Waals surface area contributed by atoms with E-state index in [0.717, 1.165) is 29.4 Å². The molecule has 0 saturated carbocycles. The van der Waals surface area contributed by atoms with Gasteiger partial charge in [-0.25, -0.2) is 9.78 Å². The van der Waals surface area contributed by atoms with Crippen molar-refractivity contribution in [2.24, 2.45) is 0 Å². The maximum Gasteiger partial charge on any atom is 0.319 e. The van der Waals surface area contributed by atoms with Crippen LogP contribution in [0.25, 0.3) is 0 Å². The van der Waals surface area contributed by atoms with Crippen molar-refractivity contribution in [2.75, 3.05) is 30.4 Å². The summed E-state index contributed by atoms with van der Waals surface area (Å²) in [5.41, 5.74) is 2.07. The number of benzene rings is 1. The van der Waals surface area contributed by atoms with E-state index in [9.17, 15) is 14.4 Å². The Hall–Kier alpha value is -3.42. The van der Waals surface area contributed by atoms with Gasteiger partial charge >= 0.3 is 6.03 Å². The van der Waals surface area contributed by atoms with E-state index in [2.05, 4.69) is 20.5 Å². The van der Waals surface area contributed by atoms with Gasteiger partial charge in [0.2, 0.25) is 0 Å². The Morgan fingerprint density at radius 2 is 1.82 bits per heavy atom. The van der Waals surface area contributed by atoms with Crippen LogP contribution in [0, 0.1) is 0 Å². The lowest BCUT2D eigenvalue weighted by atomic mass is 10.1. The number of pyridine rings is 1. The summed E-state index contributed by atoms with van der Waals surface area (Å²) in [7, 11) is 1.44. The molecule has 28 heavy (non-hydrogen) atoms. The standard InChI is InChI=1S/C20H21N5O3/c1-24-18(26)15-5-4-14(11-16(15)19(24)27)23-20(28)22-12-13-6-7-21-17(10-13)25-8-2-3-9-25/h4-7,10-11H,2-3,8-9,12H2,1H3,(H2,22,23,28). The third-order valence-electron chi connectivity index (χ3n) is 5.04. The molecule has 2 aliphatic heterocycles. The van der Waals surface area contributed by atoms with Gasteiger partial charge in [0.15, 0.2) is 0 Å². The van der Waals surface area contributed by atoms with Crippen LogP contribution in [0.5, 0.6) is 0 Å². The molecule has 1 aromatic heterocycles. The van der Waals surface area contributed by atoms with Crippen molar-refractivity contribution in [2.45, 2.75) is 19.4 Å². The predicted octanol–water partition coefficient (Wildman–Crippen LogP) is 2.23. The monoisotopic (exact) mass is 379 g/mol. The quantitative estimate of drug-likeness (QED) is 0.795. The first-order chi connectivity index (χ1) is 13.5. The van der Waals surface area contributed by atoms with Gasteiger partial charge in [0.1, 0.15) is 5.82 Å². The summed E-state index contributed by atoms with van der Waals surface area (Å²) in [4.78, 5) is 43.9. The van der Waals surface area contributed by atoms with Gasteiger partial charge in [0.25, 0.3) is 11.8 Å². The summed E-state index contributed by atoms with van der Waals surface area (Å²) in [6.45, 7) is 2.39. The third kappa shape index (κ3) is 3.40. The van der Waals surface area contributed by atoms with Crippen LogP contribution >= 0.6 is 0 Å². The van der Waals surface area contributed by atoms with E-state index in [4.69, 9.17) is 0 Å². The maximum atomic E-state index is 12.2. The van der Waals surface area contributed by atoms with Crippen molar-refractivity contribution in [3.63, 3.8) is 0 Å². The molecule has 2 N–H and O–H groups in total. The van der Waals surface area contributed by atoms with E-state index in [-0.39, 0.29) is 17.8 Å². The molecule has 0 spiro atoms. The summed E-state index contributed by atoms with van der Waals surface area (Å²) < 4.78 is 0. The van der Waals surface area contributed by atoms with E-state index < -0.39 is 0 Å². The molecule has 0 atom stereocenters. The largest absolute Gasteiger partial charge is 0.357 e. The molecule has 0 aliphatic carbocycles. The van der Waals surface area contributed by atoms with Crippen LogP contribution in [0.4, 0.5) is 16.3 Å². The highest BCUT2D eigenvalue weighted by atomic mass is 16.2. The molecule has 2 aromatic rings. The molecular weight excluding hydrogens is 358 g/mol. The molecule has 1 saturated heterocycles. The summed E-state index contributed by atoms with van der Waals surface area (Å²) >= 11 is 0. The zero-order valence-corrected chi connectivity index (χ0v) is 15.6. The molecule has 8 nitrogen and oxygen atoms in total. The van der Waals surface area contributed by atoms with Crippen molar-refractivity contribution in [3.05, 3.63) is 53.2 Å². The van der Waals surface area contributed by atoms with E-state index in [1.807, 2.05) is 12.1 Å². The Kier molecular flexibility index (Phi) is 4.68. The predicted molar refractivity (Wildman–Crippen MR) is 104 cm³/mol. The van der Waals surface area contributed by atoms with E-state index >= 15 is 0 Å². The van der Waals surface area contributed by atoms with Crippen LogP contribution in [0.3, 0.4) is 0 Å². The molecule has 0 bridgehead atoms. The fraction of sp³-hybridized carbons (Fsp3) is 0.300. The fourth-order valence-electron chi connectivity index (χ4n) is 3.49. The van der Waals surface area contributed by atoms with Crippen molar-refractivity contribution in [1.82, 2.24) is 15.2 Å². The molecule has 1 aromatic carbocycles. The van der Waals surface area contributed by atoms with Gasteiger partial charge in [-0.05, 0) is 48.7 Å². The van der Waals surface area contributed by atoms with Crippen LogP contribution in [0.1, 0.15) is 39.1 Å². The van der Waals surface area contributed by atoms with Gasteiger partial charge in [-0.1, -0.05) is 0 Å². The first kappa shape index (κ1) is 18.0. The van der Waals surface area contributed by atoms with Crippen molar-refractivity contribution in [3.8, 4) is 0 Å². The average Bonchev–Trinajstić information content (AvgIpc) is 3.31. The Morgan fingerprint density at radius 1 is 1.07 bits per heavy atom. The van der Waals surface area contributed by atoms with Crippen LogP contribution in [-0.4, -0.2) is 47.9 Å². The molecule has 2 aliphatic rings. The number of carbonyl (C=O) groups excluding carboxylic acids is 3. The smallest absolute Gasteiger partial charge is 0.319 e. The summed E-state index contributed by atoms with van der Waals surface area (Å²) in [5, 5.41) is 5.51. The molecule has 8 heteroatoms. The Labute approximate surface area is 162 Å². The number of amides is 4. The molecule has 144 valence electrons. The molecule has 4 amide bonds. The minimum absolute atomic E-state index is 0.301. The van der Waals surface area contributed by atoms with E-state index in [1.54, 1.807) is 18.3 Å². The van der Waals surface area contributed by atoms with Crippen molar-refractivity contribution >= 4 is 29.4 Å². The second-order valence-corrected chi connectivity index (χ2v) is 6.95. The first-order valence-corrected chi connectivity index (χ1v) is 9.24. The number of urea groups is 1. The number of imide groups is 1. The number of carbonyl (C=O) groups is 3. The van der Waals surface area contributed by atoms with Gasteiger partial charge in [0.05, 0.1) is 11.1 Å². The second kappa shape index (κ2) is 7.30. The van der Waals surface area contributed by atoms with Crippen LogP contribution in [0.2, 0.25) is 0 Å². The SMILES string of the molecule is CN1C(=O)c2ccc(NC(=O)NCc3ccnc(N4CCCC4)c3)cc2C1=O. The van der Waals surface area contributed by atoms with Gasteiger partial charge in [0, 0.05) is 38.6 Å². The molecule has 0 unspecified atom stereocenters. The van der Waals surface area contributed by atoms with E-state index in [0.29, 0.717) is 23.4 Å². The third-order valence-corrected chi connectivity index (χ3v) is 5.04. The van der Waals surface area contributed by atoms with E-state index in [1.165, 1.54) is 26.0 Å². The maximum absolute atomic E-state index is 12.2. The minimum atomic E-state index is -0.385.